The smallest absolute Gasteiger partial charge is 0.0834 e. The lowest BCUT2D eigenvalue weighted by Gasteiger charge is -2.05. The summed E-state index contributed by atoms with van der Waals surface area (Å²) in [5, 5.41) is 4.88. The monoisotopic (exact) mass is 192 g/mol. The highest BCUT2D eigenvalue weighted by Gasteiger charge is 2.03. The fraction of sp³-hybridized carbons (Fsp3) is 0.100. The molecule has 0 aliphatic rings. The van der Waals surface area contributed by atoms with E-state index >= 15 is 0 Å². The quantitative estimate of drug-likeness (QED) is 0.680. The van der Waals surface area contributed by atoms with Gasteiger partial charge in [-0.05, 0) is 24.6 Å². The van der Waals surface area contributed by atoms with Crippen LogP contribution in [0, 0.1) is 6.92 Å². The summed E-state index contributed by atoms with van der Waals surface area (Å²) in [6.45, 7) is 1.98. The number of aromatic nitrogens is 2. The van der Waals surface area contributed by atoms with Gasteiger partial charge in [0.2, 0.25) is 0 Å². The normalized spacial score (nSPS) is 10.3. The number of rotatable bonds is 1. The average Bonchev–Trinajstić information content (AvgIpc) is 2.62. The molecule has 1 heterocycles. The van der Waals surface area contributed by atoms with Crippen molar-refractivity contribution in [1.29, 1.82) is 0 Å². The maximum Gasteiger partial charge on any atom is 0.0834 e. The third-order valence-corrected chi connectivity index (χ3v) is 2.41. The van der Waals surface area contributed by atoms with E-state index in [0.717, 1.165) is 16.3 Å². The maximum absolute atomic E-state index is 6.12. The van der Waals surface area contributed by atoms with E-state index in [4.69, 9.17) is 11.6 Å². The molecule has 13 heavy (non-hydrogen) atoms. The molecule has 1 aromatic heterocycles. The van der Waals surface area contributed by atoms with Gasteiger partial charge >= 0.3 is 0 Å². The van der Waals surface area contributed by atoms with Crippen LogP contribution < -0.4 is 0 Å². The first-order chi connectivity index (χ1) is 6.29. The van der Waals surface area contributed by atoms with Crippen LogP contribution in [0.5, 0.6) is 0 Å². The number of hydrogen-bond donors (Lipinski definition) is 0. The molecule has 0 spiro atoms. The summed E-state index contributed by atoms with van der Waals surface area (Å²) < 4.78 is 1.76. The molecule has 1 aromatic carbocycles. The summed E-state index contributed by atoms with van der Waals surface area (Å²) >= 11 is 6.12. The largest absolute Gasteiger partial charge is 0.239 e. The second kappa shape index (κ2) is 3.23. The van der Waals surface area contributed by atoms with Gasteiger partial charge in [0.25, 0.3) is 0 Å². The van der Waals surface area contributed by atoms with Crippen molar-refractivity contribution in [3.63, 3.8) is 0 Å². The van der Waals surface area contributed by atoms with Crippen molar-refractivity contribution in [2.45, 2.75) is 6.92 Å². The number of nitrogens with zero attached hydrogens (tertiary/aromatic N) is 2. The molecule has 2 rings (SSSR count). The van der Waals surface area contributed by atoms with Gasteiger partial charge in [0.05, 0.1) is 10.7 Å². The summed E-state index contributed by atoms with van der Waals surface area (Å²) in [5.41, 5.74) is 1.99. The highest BCUT2D eigenvalue weighted by atomic mass is 35.5. The molecule has 66 valence electrons. The molecule has 0 fully saturated rings. The Hall–Kier alpha value is -1.28. The molecule has 0 aliphatic carbocycles. The molecular weight excluding hydrogens is 184 g/mol. The molecule has 2 aromatic rings. The number of benzene rings is 1. The summed E-state index contributed by atoms with van der Waals surface area (Å²) in [5.74, 6) is 0. The lowest BCUT2D eigenvalue weighted by atomic mass is 10.2. The Morgan fingerprint density at radius 1 is 1.31 bits per heavy atom. The molecule has 0 amide bonds. The van der Waals surface area contributed by atoms with Gasteiger partial charge in [0.1, 0.15) is 0 Å². The van der Waals surface area contributed by atoms with Crippen LogP contribution in [0.4, 0.5) is 0 Å². The van der Waals surface area contributed by atoms with Crippen molar-refractivity contribution < 1.29 is 0 Å². The Kier molecular flexibility index (Phi) is 2.07. The van der Waals surface area contributed by atoms with E-state index in [1.807, 2.05) is 37.4 Å². The average molecular weight is 193 g/mol. The first-order valence-corrected chi connectivity index (χ1v) is 4.42. The Balaban J connectivity index is 2.59. The van der Waals surface area contributed by atoms with Crippen LogP contribution in [0.3, 0.4) is 0 Å². The van der Waals surface area contributed by atoms with Crippen LogP contribution in [-0.2, 0) is 0 Å². The van der Waals surface area contributed by atoms with Gasteiger partial charge < -0.3 is 0 Å². The summed E-state index contributed by atoms with van der Waals surface area (Å²) in [6, 6.07) is 7.77. The minimum absolute atomic E-state index is 0.756. The zero-order valence-corrected chi connectivity index (χ0v) is 7.99. The molecule has 3 heteroatoms. The fourth-order valence-electron chi connectivity index (χ4n) is 1.22. The summed E-state index contributed by atoms with van der Waals surface area (Å²) in [7, 11) is 0. The van der Waals surface area contributed by atoms with E-state index in [0.29, 0.717) is 0 Å². The van der Waals surface area contributed by atoms with Crippen LogP contribution in [0.2, 0.25) is 5.02 Å². The molecule has 0 unspecified atom stereocenters. The number of halogens is 1. The van der Waals surface area contributed by atoms with E-state index in [1.165, 1.54) is 0 Å². The van der Waals surface area contributed by atoms with Crippen LogP contribution in [-0.4, -0.2) is 9.78 Å². The Labute approximate surface area is 81.8 Å². The highest BCUT2D eigenvalue weighted by Crippen LogP contribution is 2.22. The molecule has 0 atom stereocenters. The van der Waals surface area contributed by atoms with Gasteiger partial charge in [-0.2, -0.15) is 5.10 Å². The zero-order chi connectivity index (χ0) is 9.26. The molecule has 0 N–H and O–H groups in total. The minimum Gasteiger partial charge on any atom is -0.239 e. The molecule has 0 saturated carbocycles. The highest BCUT2D eigenvalue weighted by molar-refractivity contribution is 6.33. The standard InChI is InChI=1S/C10H9ClN2/c1-8-4-2-5-9(10(8)11)13-7-3-6-12-13/h2-7H,1H3. The van der Waals surface area contributed by atoms with E-state index in [2.05, 4.69) is 5.10 Å². The fourth-order valence-corrected chi connectivity index (χ4v) is 1.43. The molecule has 2 nitrogen and oxygen atoms in total. The van der Waals surface area contributed by atoms with Gasteiger partial charge in [0.15, 0.2) is 0 Å². The Morgan fingerprint density at radius 3 is 2.85 bits per heavy atom. The van der Waals surface area contributed by atoms with Crippen molar-refractivity contribution in [1.82, 2.24) is 9.78 Å². The van der Waals surface area contributed by atoms with E-state index in [-0.39, 0.29) is 0 Å². The Bertz CT molecular complexity index is 407. The minimum atomic E-state index is 0.756. The van der Waals surface area contributed by atoms with Gasteiger partial charge in [-0.1, -0.05) is 23.7 Å². The van der Waals surface area contributed by atoms with Crippen LogP contribution in [0.25, 0.3) is 5.69 Å². The van der Waals surface area contributed by atoms with Crippen LogP contribution >= 0.6 is 11.6 Å². The van der Waals surface area contributed by atoms with Crippen LogP contribution in [0.1, 0.15) is 5.56 Å². The topological polar surface area (TPSA) is 17.8 Å². The summed E-state index contributed by atoms with van der Waals surface area (Å²) in [6.07, 6.45) is 3.61. The van der Waals surface area contributed by atoms with Crippen molar-refractivity contribution in [3.05, 3.63) is 47.2 Å². The predicted octanol–water partition coefficient (Wildman–Crippen LogP) is 2.83. The first-order valence-electron chi connectivity index (χ1n) is 4.04. The lowest BCUT2D eigenvalue weighted by molar-refractivity contribution is 0.879. The third kappa shape index (κ3) is 1.45. The van der Waals surface area contributed by atoms with Crippen molar-refractivity contribution >= 4 is 11.6 Å². The second-order valence-electron chi connectivity index (χ2n) is 2.86. The van der Waals surface area contributed by atoms with Gasteiger partial charge in [-0.15, -0.1) is 0 Å². The predicted molar refractivity (Wildman–Crippen MR) is 53.3 cm³/mol. The van der Waals surface area contributed by atoms with E-state index in [9.17, 15) is 0 Å². The second-order valence-corrected chi connectivity index (χ2v) is 3.24. The first kappa shape index (κ1) is 8.32. The summed E-state index contributed by atoms with van der Waals surface area (Å²) in [4.78, 5) is 0. The van der Waals surface area contributed by atoms with Gasteiger partial charge in [-0.3, -0.25) is 0 Å². The molecule has 0 aliphatic heterocycles. The molecule has 0 radical (unpaired) electrons. The van der Waals surface area contributed by atoms with Crippen LogP contribution in [0.15, 0.2) is 36.7 Å². The Morgan fingerprint density at radius 2 is 2.15 bits per heavy atom. The number of aryl methyl sites for hydroxylation is 1. The van der Waals surface area contributed by atoms with Gasteiger partial charge in [-0.25, -0.2) is 4.68 Å². The van der Waals surface area contributed by atoms with Crippen molar-refractivity contribution in [3.8, 4) is 5.69 Å². The lowest BCUT2D eigenvalue weighted by Crippen LogP contribution is -1.95. The molecule has 0 bridgehead atoms. The third-order valence-electron chi connectivity index (χ3n) is 1.92. The van der Waals surface area contributed by atoms with Gasteiger partial charge in [0, 0.05) is 12.4 Å². The maximum atomic E-state index is 6.12. The van der Waals surface area contributed by atoms with E-state index < -0.39 is 0 Å². The number of hydrogen-bond acceptors (Lipinski definition) is 1. The van der Waals surface area contributed by atoms with E-state index in [1.54, 1.807) is 10.9 Å². The SMILES string of the molecule is Cc1cccc(-n2cccn2)c1Cl. The van der Waals surface area contributed by atoms with Crippen molar-refractivity contribution in [2.75, 3.05) is 0 Å². The zero-order valence-electron chi connectivity index (χ0n) is 7.24. The molecule has 0 saturated heterocycles. The molecular formula is C10H9ClN2. The van der Waals surface area contributed by atoms with Crippen molar-refractivity contribution in [2.24, 2.45) is 0 Å².